The Morgan fingerprint density at radius 1 is 1.17 bits per heavy atom. The van der Waals surface area contributed by atoms with Crippen molar-refractivity contribution in [2.75, 3.05) is 19.6 Å². The summed E-state index contributed by atoms with van der Waals surface area (Å²) in [5.41, 5.74) is 8.91. The van der Waals surface area contributed by atoms with Gasteiger partial charge in [0.1, 0.15) is 6.33 Å². The Morgan fingerprint density at radius 3 is 2.69 bits per heavy atom. The minimum absolute atomic E-state index is 0.368. The second-order valence-corrected chi connectivity index (χ2v) is 11.3. The molecular weight excluding hydrogens is 438 g/mol. The van der Waals surface area contributed by atoms with Gasteiger partial charge in [-0.2, -0.15) is 5.10 Å². The molecule has 1 fully saturated rings. The molecule has 1 saturated heterocycles. The van der Waals surface area contributed by atoms with Crippen LogP contribution in [0.15, 0.2) is 30.7 Å². The molecule has 7 heteroatoms. The fourth-order valence-corrected chi connectivity index (χ4v) is 6.11. The molecule has 4 aromatic rings. The minimum Gasteiger partial charge on any atom is -0.389 e. The first-order valence-electron chi connectivity index (χ1n) is 12.8. The predicted molar refractivity (Wildman–Crippen MR) is 138 cm³/mol. The van der Waals surface area contributed by atoms with Gasteiger partial charge in [-0.15, -0.1) is 0 Å². The van der Waals surface area contributed by atoms with Crippen molar-refractivity contribution in [2.24, 2.45) is 0 Å². The number of piperidine rings is 1. The zero-order chi connectivity index (χ0) is 24.3. The van der Waals surface area contributed by atoms with E-state index in [0.717, 1.165) is 49.2 Å². The molecule has 7 nitrogen and oxygen atoms in total. The summed E-state index contributed by atoms with van der Waals surface area (Å²) in [7, 11) is 0. The highest BCUT2D eigenvalue weighted by Crippen LogP contribution is 2.41. The Balaban J connectivity index is 1.38. The topological polar surface area (TPSA) is 78.7 Å². The number of nitrogens with one attached hydrogen (secondary N) is 1. The average molecular weight is 474 g/mol. The van der Waals surface area contributed by atoms with E-state index >= 15 is 0 Å². The smallest absolute Gasteiger partial charge is 0.161 e. The molecule has 0 aliphatic carbocycles. The van der Waals surface area contributed by atoms with Gasteiger partial charge in [-0.25, -0.2) is 9.50 Å². The lowest BCUT2D eigenvalue weighted by molar-refractivity contribution is 0.0282. The van der Waals surface area contributed by atoms with Crippen LogP contribution in [-0.2, 0) is 18.0 Å². The predicted octanol–water partition coefficient (Wildman–Crippen LogP) is 4.98. The van der Waals surface area contributed by atoms with Crippen molar-refractivity contribution in [1.82, 2.24) is 24.5 Å². The summed E-state index contributed by atoms with van der Waals surface area (Å²) in [6.45, 7) is 12.3. The van der Waals surface area contributed by atoms with Crippen LogP contribution >= 0.6 is 0 Å². The van der Waals surface area contributed by atoms with Gasteiger partial charge in [0.25, 0.3) is 0 Å². The normalized spacial score (nSPS) is 17.8. The van der Waals surface area contributed by atoms with Gasteiger partial charge in [-0.1, -0.05) is 19.9 Å². The van der Waals surface area contributed by atoms with Crippen molar-refractivity contribution in [3.63, 3.8) is 0 Å². The van der Waals surface area contributed by atoms with Crippen molar-refractivity contribution in [2.45, 2.75) is 71.2 Å². The van der Waals surface area contributed by atoms with Gasteiger partial charge in [0.2, 0.25) is 0 Å². The van der Waals surface area contributed by atoms with Crippen LogP contribution < -0.4 is 0 Å². The third-order valence-corrected chi connectivity index (χ3v) is 7.66. The lowest BCUT2D eigenvalue weighted by atomic mass is 9.87. The van der Waals surface area contributed by atoms with E-state index < -0.39 is 5.60 Å². The molecule has 5 heterocycles. The monoisotopic (exact) mass is 473 g/mol. The number of ether oxygens (including phenoxy) is 1. The molecule has 1 aromatic carbocycles. The number of rotatable bonds is 5. The SMILES string of the molecule is CC(C)c1c(-c2cn3ncnc3c3c2COC3)[nH]c2ccc(C3CCN(CC(C)(C)O)CC3)cc12. The lowest BCUT2D eigenvalue weighted by Crippen LogP contribution is -2.42. The van der Waals surface area contributed by atoms with Gasteiger partial charge >= 0.3 is 0 Å². The third kappa shape index (κ3) is 4.05. The number of H-pyrrole nitrogens is 1. The first-order chi connectivity index (χ1) is 16.8. The van der Waals surface area contributed by atoms with Gasteiger partial charge in [0.15, 0.2) is 5.65 Å². The van der Waals surface area contributed by atoms with Crippen LogP contribution in [0.25, 0.3) is 27.8 Å². The van der Waals surface area contributed by atoms with Crippen LogP contribution in [0, 0.1) is 0 Å². The molecule has 2 aliphatic heterocycles. The van der Waals surface area contributed by atoms with E-state index in [9.17, 15) is 5.11 Å². The summed E-state index contributed by atoms with van der Waals surface area (Å²) >= 11 is 0. The fourth-order valence-electron chi connectivity index (χ4n) is 6.11. The van der Waals surface area contributed by atoms with E-state index in [1.807, 2.05) is 18.4 Å². The van der Waals surface area contributed by atoms with Crippen LogP contribution in [0.3, 0.4) is 0 Å². The number of aromatic nitrogens is 4. The van der Waals surface area contributed by atoms with Crippen molar-refractivity contribution in [3.8, 4) is 11.3 Å². The third-order valence-electron chi connectivity index (χ3n) is 7.66. The van der Waals surface area contributed by atoms with E-state index in [1.165, 1.54) is 33.3 Å². The summed E-state index contributed by atoms with van der Waals surface area (Å²) in [4.78, 5) is 10.6. The summed E-state index contributed by atoms with van der Waals surface area (Å²) in [5, 5.41) is 15.9. The first-order valence-corrected chi connectivity index (χ1v) is 12.8. The van der Waals surface area contributed by atoms with Crippen molar-refractivity contribution < 1.29 is 9.84 Å². The molecule has 0 amide bonds. The lowest BCUT2D eigenvalue weighted by Gasteiger charge is -2.35. The largest absolute Gasteiger partial charge is 0.389 e. The maximum atomic E-state index is 10.2. The summed E-state index contributed by atoms with van der Waals surface area (Å²) in [6.07, 6.45) is 5.98. The second kappa shape index (κ2) is 8.43. The molecule has 0 saturated carbocycles. The maximum absolute atomic E-state index is 10.2. The quantitative estimate of drug-likeness (QED) is 0.427. The number of aliphatic hydroxyl groups is 1. The Morgan fingerprint density at radius 2 is 1.94 bits per heavy atom. The molecule has 2 N–H and O–H groups in total. The zero-order valence-corrected chi connectivity index (χ0v) is 21.1. The molecule has 0 atom stereocenters. The van der Waals surface area contributed by atoms with E-state index in [4.69, 9.17) is 4.74 Å². The average Bonchev–Trinajstić information content (AvgIpc) is 3.54. The van der Waals surface area contributed by atoms with Crippen molar-refractivity contribution >= 4 is 16.6 Å². The number of pyridine rings is 1. The standard InChI is InChI=1S/C28H35N5O2/c1-17(2)25-20-11-19(18-7-9-32(10-8-18)15-28(3,4)34)5-6-24(20)31-26(25)21-12-33-27(29-16-30-33)23-14-35-13-22(21)23/h5-6,11-12,16-18,31,34H,7-10,13-15H2,1-4H3. The van der Waals surface area contributed by atoms with E-state index in [-0.39, 0.29) is 0 Å². The molecule has 3 aromatic heterocycles. The molecule has 0 unspecified atom stereocenters. The Labute approximate surface area is 206 Å². The van der Waals surface area contributed by atoms with Gasteiger partial charge in [0, 0.05) is 34.8 Å². The van der Waals surface area contributed by atoms with Crippen molar-refractivity contribution in [1.29, 1.82) is 0 Å². The van der Waals surface area contributed by atoms with E-state index in [1.54, 1.807) is 6.33 Å². The number of nitrogens with zero attached hydrogens (tertiary/aromatic N) is 4. The first kappa shape index (κ1) is 22.7. The maximum Gasteiger partial charge on any atom is 0.161 e. The highest BCUT2D eigenvalue weighted by Gasteiger charge is 2.28. The van der Waals surface area contributed by atoms with Gasteiger partial charge in [-0.3, -0.25) is 0 Å². The highest BCUT2D eigenvalue weighted by molar-refractivity contribution is 5.93. The van der Waals surface area contributed by atoms with Gasteiger partial charge in [0.05, 0.1) is 24.5 Å². The minimum atomic E-state index is -0.639. The molecule has 184 valence electrons. The molecule has 0 radical (unpaired) electrons. The fraction of sp³-hybridized carbons (Fsp3) is 0.500. The van der Waals surface area contributed by atoms with E-state index in [0.29, 0.717) is 25.0 Å². The van der Waals surface area contributed by atoms with Crippen LogP contribution in [0.1, 0.15) is 74.6 Å². The molecule has 0 spiro atoms. The molecule has 6 rings (SSSR count). The highest BCUT2D eigenvalue weighted by atomic mass is 16.5. The van der Waals surface area contributed by atoms with Crippen LogP contribution in [0.4, 0.5) is 0 Å². The summed E-state index contributed by atoms with van der Waals surface area (Å²) in [5.74, 6) is 0.923. The number of fused-ring (bicyclic) bond motifs is 4. The number of hydrogen-bond donors (Lipinski definition) is 2. The Hall–Kier alpha value is -2.74. The molecule has 2 aliphatic rings. The summed E-state index contributed by atoms with van der Waals surface area (Å²) < 4.78 is 7.73. The summed E-state index contributed by atoms with van der Waals surface area (Å²) in [6, 6.07) is 6.98. The molecule has 0 bridgehead atoms. The van der Waals surface area contributed by atoms with Crippen LogP contribution in [-0.4, -0.2) is 54.8 Å². The van der Waals surface area contributed by atoms with Crippen molar-refractivity contribution in [3.05, 3.63) is 53.0 Å². The zero-order valence-electron chi connectivity index (χ0n) is 21.1. The Kier molecular flexibility index (Phi) is 5.47. The molecule has 35 heavy (non-hydrogen) atoms. The van der Waals surface area contributed by atoms with Crippen LogP contribution in [0.5, 0.6) is 0 Å². The Bertz CT molecular complexity index is 1390. The number of hydrogen-bond acceptors (Lipinski definition) is 5. The number of aromatic amines is 1. The number of benzene rings is 1. The van der Waals surface area contributed by atoms with Crippen LogP contribution in [0.2, 0.25) is 0 Å². The van der Waals surface area contributed by atoms with Gasteiger partial charge < -0.3 is 19.7 Å². The van der Waals surface area contributed by atoms with Gasteiger partial charge in [-0.05, 0) is 80.4 Å². The molecular formula is C28H35N5O2. The number of likely N-dealkylation sites (tertiary alicyclic amines) is 1. The van der Waals surface area contributed by atoms with E-state index in [2.05, 4.69) is 58.2 Å². The number of β-amino-alcohol motifs (C(OH)–C–C–N with tert-alkyl or cyclic N) is 1. The second-order valence-electron chi connectivity index (χ2n) is 11.3.